The Morgan fingerprint density at radius 1 is 1.18 bits per heavy atom. The van der Waals surface area contributed by atoms with Gasteiger partial charge in [0, 0.05) is 7.05 Å². The van der Waals surface area contributed by atoms with Gasteiger partial charge in [0.25, 0.3) is 5.91 Å². The molecule has 2 amide bonds. The van der Waals surface area contributed by atoms with Gasteiger partial charge in [-0.2, -0.15) is 4.37 Å². The average Bonchev–Trinajstić information content (AvgIpc) is 3.05. The zero-order chi connectivity index (χ0) is 20.7. The summed E-state index contributed by atoms with van der Waals surface area (Å²) in [5.74, 6) is -1.16. The molecule has 0 aliphatic heterocycles. The van der Waals surface area contributed by atoms with Gasteiger partial charge in [0.05, 0.1) is 25.0 Å². The predicted octanol–water partition coefficient (Wildman–Crippen LogP) is 1.72. The second-order valence-corrected chi connectivity index (χ2v) is 6.60. The number of aromatic nitrogens is 1. The number of benzene rings is 1. The number of nitrogens with zero attached hydrogens (tertiary/aromatic N) is 1. The fraction of sp³-hybridized carbons (Fsp3) is 0.333. The maximum absolute atomic E-state index is 12.1. The summed E-state index contributed by atoms with van der Waals surface area (Å²) in [7, 11) is 3.17. The Morgan fingerprint density at radius 3 is 2.61 bits per heavy atom. The summed E-state index contributed by atoms with van der Waals surface area (Å²) in [6, 6.07) is 5.36. The standard InChI is InChI=1S/C18H22N4O5S/c1-10-5-6-13(26-4)12(7-10)21-14(23)8-20-15(24)9-27-18(25)16-11(2)22-28-17(16)19-3/h5-7,19H,8-9H2,1-4H3,(H,20,24)(H,21,23). The Morgan fingerprint density at radius 2 is 1.93 bits per heavy atom. The third-order valence-corrected chi connectivity index (χ3v) is 4.66. The molecular weight excluding hydrogens is 384 g/mol. The van der Waals surface area contributed by atoms with Crippen LogP contribution in [-0.2, 0) is 14.3 Å². The van der Waals surface area contributed by atoms with Crippen molar-refractivity contribution in [3.05, 3.63) is 35.0 Å². The lowest BCUT2D eigenvalue weighted by Gasteiger charge is -2.11. The molecule has 1 aromatic heterocycles. The average molecular weight is 406 g/mol. The van der Waals surface area contributed by atoms with Gasteiger partial charge < -0.3 is 25.4 Å². The van der Waals surface area contributed by atoms with E-state index in [1.54, 1.807) is 26.1 Å². The number of hydrogen-bond acceptors (Lipinski definition) is 8. The minimum absolute atomic E-state index is 0.270. The van der Waals surface area contributed by atoms with Crippen LogP contribution in [0.2, 0.25) is 0 Å². The van der Waals surface area contributed by atoms with Crippen molar-refractivity contribution in [1.82, 2.24) is 9.69 Å². The molecule has 10 heteroatoms. The Kier molecular flexibility index (Phi) is 7.33. The quantitative estimate of drug-likeness (QED) is 0.571. The molecule has 1 aromatic carbocycles. The molecule has 0 unspecified atom stereocenters. The third kappa shape index (κ3) is 5.43. The van der Waals surface area contributed by atoms with Crippen LogP contribution in [0, 0.1) is 13.8 Å². The van der Waals surface area contributed by atoms with E-state index in [4.69, 9.17) is 9.47 Å². The molecule has 0 aliphatic carbocycles. The number of aryl methyl sites for hydroxylation is 2. The van der Waals surface area contributed by atoms with E-state index in [-0.39, 0.29) is 6.54 Å². The minimum Gasteiger partial charge on any atom is -0.495 e. The summed E-state index contributed by atoms with van der Waals surface area (Å²) >= 11 is 1.13. The fourth-order valence-electron chi connectivity index (χ4n) is 2.33. The first-order valence-electron chi connectivity index (χ1n) is 8.38. The maximum atomic E-state index is 12.1. The number of amides is 2. The summed E-state index contributed by atoms with van der Waals surface area (Å²) in [6.07, 6.45) is 0. The number of ether oxygens (including phenoxy) is 2. The van der Waals surface area contributed by atoms with Crippen LogP contribution in [-0.4, -0.2) is 49.5 Å². The monoisotopic (exact) mass is 406 g/mol. The van der Waals surface area contributed by atoms with Gasteiger partial charge in [-0.05, 0) is 43.1 Å². The van der Waals surface area contributed by atoms with Gasteiger partial charge in [-0.3, -0.25) is 9.59 Å². The normalized spacial score (nSPS) is 10.1. The molecule has 0 radical (unpaired) electrons. The van der Waals surface area contributed by atoms with Crippen molar-refractivity contribution in [2.24, 2.45) is 0 Å². The largest absolute Gasteiger partial charge is 0.495 e. The minimum atomic E-state index is -0.653. The van der Waals surface area contributed by atoms with E-state index in [2.05, 4.69) is 20.3 Å². The Balaban J connectivity index is 1.82. The molecule has 2 rings (SSSR count). The van der Waals surface area contributed by atoms with Crippen molar-refractivity contribution >= 4 is 40.0 Å². The van der Waals surface area contributed by atoms with E-state index in [1.165, 1.54) is 7.11 Å². The van der Waals surface area contributed by atoms with Crippen LogP contribution in [0.5, 0.6) is 5.75 Å². The molecule has 0 saturated carbocycles. The number of rotatable bonds is 8. The summed E-state index contributed by atoms with van der Waals surface area (Å²) in [5.41, 5.74) is 2.27. The molecule has 0 fully saturated rings. The van der Waals surface area contributed by atoms with Crippen molar-refractivity contribution in [1.29, 1.82) is 0 Å². The van der Waals surface area contributed by atoms with Crippen molar-refractivity contribution in [2.75, 3.05) is 37.9 Å². The number of nitrogens with one attached hydrogen (secondary N) is 3. The highest BCUT2D eigenvalue weighted by atomic mass is 32.1. The van der Waals surface area contributed by atoms with E-state index in [1.807, 2.05) is 13.0 Å². The Bertz CT molecular complexity index is 881. The first-order valence-corrected chi connectivity index (χ1v) is 9.15. The lowest BCUT2D eigenvalue weighted by Crippen LogP contribution is -2.35. The van der Waals surface area contributed by atoms with Gasteiger partial charge in [-0.15, -0.1) is 0 Å². The maximum Gasteiger partial charge on any atom is 0.343 e. The van der Waals surface area contributed by atoms with Crippen LogP contribution in [0.25, 0.3) is 0 Å². The van der Waals surface area contributed by atoms with Crippen molar-refractivity contribution in [3.8, 4) is 5.75 Å². The SMILES string of the molecule is CNc1snc(C)c1C(=O)OCC(=O)NCC(=O)Nc1cc(C)ccc1OC. The lowest BCUT2D eigenvalue weighted by atomic mass is 10.2. The molecule has 0 spiro atoms. The number of esters is 1. The number of methoxy groups -OCH3 is 1. The van der Waals surface area contributed by atoms with Crippen LogP contribution in [0.4, 0.5) is 10.7 Å². The molecule has 2 aromatic rings. The van der Waals surface area contributed by atoms with Gasteiger partial charge in [0.2, 0.25) is 5.91 Å². The zero-order valence-corrected chi connectivity index (χ0v) is 16.9. The van der Waals surface area contributed by atoms with Gasteiger partial charge in [-0.1, -0.05) is 6.07 Å². The lowest BCUT2D eigenvalue weighted by molar-refractivity contribution is -0.126. The van der Waals surface area contributed by atoms with Crippen LogP contribution >= 0.6 is 11.5 Å². The Labute approximate surface area is 166 Å². The summed E-state index contributed by atoms with van der Waals surface area (Å²) in [5, 5.41) is 8.48. The summed E-state index contributed by atoms with van der Waals surface area (Å²) in [6.45, 7) is 2.79. The highest BCUT2D eigenvalue weighted by Crippen LogP contribution is 2.25. The summed E-state index contributed by atoms with van der Waals surface area (Å²) < 4.78 is 14.3. The van der Waals surface area contributed by atoms with Crippen molar-refractivity contribution in [3.63, 3.8) is 0 Å². The van der Waals surface area contributed by atoms with Crippen molar-refractivity contribution in [2.45, 2.75) is 13.8 Å². The molecule has 9 nitrogen and oxygen atoms in total. The first kappa shape index (κ1) is 21.2. The van der Waals surface area contributed by atoms with E-state index < -0.39 is 24.4 Å². The second kappa shape index (κ2) is 9.70. The van der Waals surface area contributed by atoms with E-state index in [9.17, 15) is 14.4 Å². The fourth-order valence-corrected chi connectivity index (χ4v) is 3.06. The van der Waals surface area contributed by atoms with Crippen LogP contribution in [0.3, 0.4) is 0 Å². The smallest absolute Gasteiger partial charge is 0.343 e. The third-order valence-electron chi connectivity index (χ3n) is 3.70. The number of carbonyl (C=O) groups excluding carboxylic acids is 3. The van der Waals surface area contributed by atoms with E-state index in [0.29, 0.717) is 27.7 Å². The number of carbonyl (C=O) groups is 3. The molecule has 1 heterocycles. The van der Waals surface area contributed by atoms with Gasteiger partial charge in [0.1, 0.15) is 16.3 Å². The van der Waals surface area contributed by atoms with E-state index >= 15 is 0 Å². The molecule has 3 N–H and O–H groups in total. The zero-order valence-electron chi connectivity index (χ0n) is 16.0. The van der Waals surface area contributed by atoms with Gasteiger partial charge in [0.15, 0.2) is 6.61 Å². The number of hydrogen-bond donors (Lipinski definition) is 3. The second-order valence-electron chi connectivity index (χ2n) is 5.83. The van der Waals surface area contributed by atoms with Crippen molar-refractivity contribution < 1.29 is 23.9 Å². The van der Waals surface area contributed by atoms with Crippen LogP contribution in [0.15, 0.2) is 18.2 Å². The van der Waals surface area contributed by atoms with E-state index in [0.717, 1.165) is 17.1 Å². The van der Waals surface area contributed by atoms with Gasteiger partial charge >= 0.3 is 5.97 Å². The molecule has 0 bridgehead atoms. The molecule has 150 valence electrons. The molecular formula is C18H22N4O5S. The number of anilines is 2. The molecule has 0 atom stereocenters. The van der Waals surface area contributed by atoms with Gasteiger partial charge in [-0.25, -0.2) is 4.79 Å². The molecule has 0 aliphatic rings. The first-order chi connectivity index (χ1) is 13.3. The van der Waals surface area contributed by atoms with Crippen LogP contribution in [0.1, 0.15) is 21.6 Å². The molecule has 28 heavy (non-hydrogen) atoms. The summed E-state index contributed by atoms with van der Waals surface area (Å²) in [4.78, 5) is 36.0. The highest BCUT2D eigenvalue weighted by molar-refractivity contribution is 7.10. The van der Waals surface area contributed by atoms with Crippen LogP contribution < -0.4 is 20.7 Å². The highest BCUT2D eigenvalue weighted by Gasteiger charge is 2.20. The Hall–Kier alpha value is -3.14. The predicted molar refractivity (Wildman–Crippen MR) is 106 cm³/mol. The molecule has 0 saturated heterocycles. The topological polar surface area (TPSA) is 119 Å².